The summed E-state index contributed by atoms with van der Waals surface area (Å²) in [6.45, 7) is 4.70. The third-order valence-electron chi connectivity index (χ3n) is 10.9. The Morgan fingerprint density at radius 1 is 0.431 bits per heavy atom. The molecule has 0 saturated carbocycles. The molecule has 9 aromatic rings. The SMILES string of the molecule is CC1(C)c2ccccc2-c2ccc(N(c3ccc(-c4ccccc4)cc3)c3cccc4ccc5oc6ccc(-c7ccccc7)cc6c5c34)cc21. The summed E-state index contributed by atoms with van der Waals surface area (Å²) in [5.41, 5.74) is 15.1. The highest BCUT2D eigenvalue weighted by Crippen LogP contribution is 2.51. The summed E-state index contributed by atoms with van der Waals surface area (Å²) in [7, 11) is 0. The second kappa shape index (κ2) is 11.3. The van der Waals surface area contributed by atoms with Gasteiger partial charge in [0.1, 0.15) is 11.2 Å². The Bertz CT molecular complexity index is 2760. The molecule has 8 aromatic carbocycles. The van der Waals surface area contributed by atoms with E-state index >= 15 is 0 Å². The molecule has 2 heteroatoms. The Morgan fingerprint density at radius 2 is 1.06 bits per heavy atom. The molecule has 0 N–H and O–H groups in total. The van der Waals surface area contributed by atoms with Crippen LogP contribution in [0.2, 0.25) is 0 Å². The fourth-order valence-corrected chi connectivity index (χ4v) is 8.31. The fraction of sp³-hybridized carbons (Fsp3) is 0.0612. The van der Waals surface area contributed by atoms with E-state index < -0.39 is 0 Å². The summed E-state index contributed by atoms with van der Waals surface area (Å²) in [5, 5.41) is 4.60. The first-order valence-electron chi connectivity index (χ1n) is 17.7. The van der Waals surface area contributed by atoms with Crippen LogP contribution in [0.5, 0.6) is 0 Å². The second-order valence-electron chi connectivity index (χ2n) is 14.1. The number of nitrogens with zero attached hydrogens (tertiary/aromatic N) is 1. The van der Waals surface area contributed by atoms with Crippen LogP contribution in [-0.2, 0) is 5.41 Å². The number of hydrogen-bond acceptors (Lipinski definition) is 2. The molecule has 1 heterocycles. The predicted octanol–water partition coefficient (Wildman–Crippen LogP) is 13.8. The van der Waals surface area contributed by atoms with Gasteiger partial charge in [0.25, 0.3) is 0 Å². The molecule has 0 unspecified atom stereocenters. The molecule has 2 nitrogen and oxygen atoms in total. The topological polar surface area (TPSA) is 16.4 Å². The van der Waals surface area contributed by atoms with Crippen LogP contribution in [0.15, 0.2) is 180 Å². The predicted molar refractivity (Wildman–Crippen MR) is 214 cm³/mol. The quantitative estimate of drug-likeness (QED) is 0.184. The Hall–Kier alpha value is -6.38. The second-order valence-corrected chi connectivity index (χ2v) is 14.1. The number of hydrogen-bond donors (Lipinski definition) is 0. The van der Waals surface area contributed by atoms with E-state index in [2.05, 4.69) is 195 Å². The van der Waals surface area contributed by atoms with Crippen LogP contribution in [0.25, 0.3) is 66.1 Å². The maximum Gasteiger partial charge on any atom is 0.136 e. The molecule has 10 rings (SSSR count). The molecule has 1 aromatic heterocycles. The van der Waals surface area contributed by atoms with Crippen LogP contribution in [0.1, 0.15) is 25.0 Å². The summed E-state index contributed by atoms with van der Waals surface area (Å²) in [4.78, 5) is 2.44. The summed E-state index contributed by atoms with van der Waals surface area (Å²) in [6, 6.07) is 63.6. The largest absolute Gasteiger partial charge is 0.456 e. The number of benzene rings is 8. The number of rotatable bonds is 5. The summed E-state index contributed by atoms with van der Waals surface area (Å²) in [5.74, 6) is 0. The summed E-state index contributed by atoms with van der Waals surface area (Å²) < 4.78 is 6.57. The maximum absolute atomic E-state index is 6.57. The first-order valence-corrected chi connectivity index (χ1v) is 17.7. The van der Waals surface area contributed by atoms with Gasteiger partial charge in [-0.05, 0) is 98.4 Å². The van der Waals surface area contributed by atoms with E-state index in [1.807, 2.05) is 0 Å². The minimum atomic E-state index is -0.120. The zero-order valence-electron chi connectivity index (χ0n) is 28.6. The van der Waals surface area contributed by atoms with E-state index in [1.54, 1.807) is 0 Å². The lowest BCUT2D eigenvalue weighted by molar-refractivity contribution is 0.660. The molecular formula is C49H35NO. The van der Waals surface area contributed by atoms with E-state index in [1.165, 1.54) is 55.3 Å². The Labute approximate surface area is 297 Å². The van der Waals surface area contributed by atoms with Crippen molar-refractivity contribution in [2.75, 3.05) is 4.90 Å². The fourth-order valence-electron chi connectivity index (χ4n) is 8.31. The highest BCUT2D eigenvalue weighted by Gasteiger charge is 2.36. The van der Waals surface area contributed by atoms with Crippen molar-refractivity contribution in [3.8, 4) is 33.4 Å². The van der Waals surface area contributed by atoms with Crippen molar-refractivity contribution in [1.29, 1.82) is 0 Å². The molecule has 51 heavy (non-hydrogen) atoms. The van der Waals surface area contributed by atoms with E-state index in [9.17, 15) is 0 Å². The van der Waals surface area contributed by atoms with Gasteiger partial charge in [0.15, 0.2) is 0 Å². The Balaban J connectivity index is 1.23. The monoisotopic (exact) mass is 653 g/mol. The van der Waals surface area contributed by atoms with Gasteiger partial charge >= 0.3 is 0 Å². The van der Waals surface area contributed by atoms with Crippen LogP contribution in [0, 0.1) is 0 Å². The summed E-state index contributed by atoms with van der Waals surface area (Å²) in [6.07, 6.45) is 0. The van der Waals surface area contributed by atoms with E-state index in [4.69, 9.17) is 4.42 Å². The van der Waals surface area contributed by atoms with Crippen LogP contribution in [-0.4, -0.2) is 0 Å². The zero-order chi connectivity index (χ0) is 34.1. The van der Waals surface area contributed by atoms with Crippen molar-refractivity contribution < 1.29 is 4.42 Å². The van der Waals surface area contributed by atoms with Crippen LogP contribution < -0.4 is 4.90 Å². The molecule has 0 aliphatic heterocycles. The van der Waals surface area contributed by atoms with Gasteiger partial charge < -0.3 is 9.32 Å². The first kappa shape index (κ1) is 29.5. The Morgan fingerprint density at radius 3 is 1.84 bits per heavy atom. The molecule has 0 spiro atoms. The van der Waals surface area contributed by atoms with Crippen molar-refractivity contribution in [2.45, 2.75) is 19.3 Å². The van der Waals surface area contributed by atoms with Gasteiger partial charge in [-0.15, -0.1) is 0 Å². The third-order valence-corrected chi connectivity index (χ3v) is 10.9. The average Bonchev–Trinajstić information content (AvgIpc) is 3.67. The van der Waals surface area contributed by atoms with E-state index in [-0.39, 0.29) is 5.41 Å². The zero-order valence-corrected chi connectivity index (χ0v) is 28.6. The van der Waals surface area contributed by atoms with E-state index in [0.29, 0.717) is 0 Å². The molecule has 1 aliphatic carbocycles. The van der Waals surface area contributed by atoms with Gasteiger partial charge in [-0.1, -0.05) is 141 Å². The standard InChI is InChI=1S/C49H35NO/c1-49(2)42-18-10-9-17-39(42)40-27-26-38(31-43(40)49)50(37-24-20-34(21-25-37)32-12-5-3-6-13-32)44-19-11-16-35-22-29-46-48(47(35)44)41-30-36(23-28-45(41)51-46)33-14-7-4-8-15-33/h3-31H,1-2H3. The lowest BCUT2D eigenvalue weighted by Crippen LogP contribution is -2.16. The van der Waals surface area contributed by atoms with Crippen molar-refractivity contribution >= 4 is 49.8 Å². The smallest absolute Gasteiger partial charge is 0.136 e. The number of furan rings is 1. The van der Waals surface area contributed by atoms with Crippen LogP contribution in [0.4, 0.5) is 17.1 Å². The van der Waals surface area contributed by atoms with Gasteiger partial charge in [-0.3, -0.25) is 0 Å². The third kappa shape index (κ3) is 4.64. The van der Waals surface area contributed by atoms with Crippen LogP contribution >= 0.6 is 0 Å². The maximum atomic E-state index is 6.57. The molecule has 0 saturated heterocycles. The molecule has 0 amide bonds. The number of anilines is 3. The van der Waals surface area contributed by atoms with Gasteiger partial charge in [-0.2, -0.15) is 0 Å². The van der Waals surface area contributed by atoms with Gasteiger partial charge in [0, 0.05) is 32.9 Å². The molecule has 0 bridgehead atoms. The normalized spacial score (nSPS) is 13.1. The molecule has 242 valence electrons. The lowest BCUT2D eigenvalue weighted by Gasteiger charge is -2.29. The lowest BCUT2D eigenvalue weighted by atomic mass is 9.82. The van der Waals surface area contributed by atoms with Gasteiger partial charge in [0.05, 0.1) is 5.69 Å². The molecule has 0 fully saturated rings. The highest BCUT2D eigenvalue weighted by atomic mass is 16.3. The molecule has 0 radical (unpaired) electrons. The molecule has 1 aliphatic rings. The van der Waals surface area contributed by atoms with E-state index in [0.717, 1.165) is 39.0 Å². The Kier molecular flexibility index (Phi) is 6.56. The van der Waals surface area contributed by atoms with Crippen molar-refractivity contribution in [3.63, 3.8) is 0 Å². The average molecular weight is 654 g/mol. The minimum Gasteiger partial charge on any atom is -0.456 e. The van der Waals surface area contributed by atoms with Crippen molar-refractivity contribution in [1.82, 2.24) is 0 Å². The first-order chi connectivity index (χ1) is 25.0. The van der Waals surface area contributed by atoms with Gasteiger partial charge in [-0.25, -0.2) is 0 Å². The van der Waals surface area contributed by atoms with Gasteiger partial charge in [0.2, 0.25) is 0 Å². The minimum absolute atomic E-state index is 0.120. The summed E-state index contributed by atoms with van der Waals surface area (Å²) >= 11 is 0. The molecule has 0 atom stereocenters. The number of fused-ring (bicyclic) bond motifs is 8. The van der Waals surface area contributed by atoms with Crippen molar-refractivity contribution in [2.24, 2.45) is 0 Å². The van der Waals surface area contributed by atoms with Crippen LogP contribution in [0.3, 0.4) is 0 Å². The molecular weight excluding hydrogens is 619 g/mol. The highest BCUT2D eigenvalue weighted by molar-refractivity contribution is 6.23. The van der Waals surface area contributed by atoms with Crippen molar-refractivity contribution in [3.05, 3.63) is 187 Å².